The number of hydrogen-bond donors (Lipinski definition) is 2. The predicted octanol–water partition coefficient (Wildman–Crippen LogP) is 2.73. The Hall–Kier alpha value is -2.96. The van der Waals surface area contributed by atoms with Crippen LogP contribution in [0.4, 0.5) is 14.5 Å². The molecule has 0 spiro atoms. The molecule has 0 saturated carbocycles. The highest BCUT2D eigenvalue weighted by Crippen LogP contribution is 2.15. The van der Waals surface area contributed by atoms with E-state index in [-0.39, 0.29) is 24.4 Å². The highest BCUT2D eigenvalue weighted by Gasteiger charge is 2.12. The van der Waals surface area contributed by atoms with Crippen LogP contribution in [0.25, 0.3) is 0 Å². The molecule has 0 aliphatic carbocycles. The molecule has 0 aliphatic heterocycles. The summed E-state index contributed by atoms with van der Waals surface area (Å²) in [5.74, 6) is -2.05. The minimum absolute atomic E-state index is 0.0145. The third-order valence-electron chi connectivity index (χ3n) is 3.19. The highest BCUT2D eigenvalue weighted by molar-refractivity contribution is 5.95. The molecule has 0 radical (unpaired) electrons. The van der Waals surface area contributed by atoms with Crippen LogP contribution >= 0.6 is 0 Å². The van der Waals surface area contributed by atoms with Gasteiger partial charge in [0.2, 0.25) is 5.91 Å². The van der Waals surface area contributed by atoms with Gasteiger partial charge < -0.3 is 15.4 Å². The van der Waals surface area contributed by atoms with Crippen molar-refractivity contribution < 1.29 is 23.1 Å². The van der Waals surface area contributed by atoms with Crippen molar-refractivity contribution in [1.29, 1.82) is 0 Å². The smallest absolute Gasteiger partial charge is 0.254 e. The van der Waals surface area contributed by atoms with Crippen molar-refractivity contribution in [2.75, 3.05) is 19.0 Å². The fourth-order valence-corrected chi connectivity index (χ4v) is 1.96. The normalized spacial score (nSPS) is 10.1. The minimum Gasteiger partial charge on any atom is -0.497 e. The number of nitrogens with one attached hydrogen (secondary N) is 2. The third kappa shape index (κ3) is 4.77. The van der Waals surface area contributed by atoms with Crippen molar-refractivity contribution in [3.63, 3.8) is 0 Å². The Morgan fingerprint density at radius 2 is 1.79 bits per heavy atom. The molecule has 24 heavy (non-hydrogen) atoms. The lowest BCUT2D eigenvalue weighted by Crippen LogP contribution is -2.28. The topological polar surface area (TPSA) is 67.4 Å². The predicted molar refractivity (Wildman–Crippen MR) is 84.9 cm³/mol. The van der Waals surface area contributed by atoms with Gasteiger partial charge in [0.1, 0.15) is 17.4 Å². The number of carbonyl (C=O) groups excluding carboxylic acids is 2. The van der Waals surface area contributed by atoms with Gasteiger partial charge in [0, 0.05) is 24.7 Å². The molecule has 0 fully saturated rings. The number of carbonyl (C=O) groups is 2. The summed E-state index contributed by atoms with van der Waals surface area (Å²) in [6.45, 7) is 0.0254. The second-order valence-corrected chi connectivity index (χ2v) is 4.91. The van der Waals surface area contributed by atoms with Crippen molar-refractivity contribution >= 4 is 17.5 Å². The van der Waals surface area contributed by atoms with Crippen molar-refractivity contribution in [2.45, 2.75) is 6.42 Å². The first kappa shape index (κ1) is 17.4. The van der Waals surface area contributed by atoms with Crippen LogP contribution in [0.5, 0.6) is 5.75 Å². The van der Waals surface area contributed by atoms with Crippen LogP contribution in [-0.2, 0) is 4.79 Å². The van der Waals surface area contributed by atoms with E-state index in [1.54, 1.807) is 31.4 Å². The van der Waals surface area contributed by atoms with Crippen LogP contribution < -0.4 is 15.4 Å². The molecule has 126 valence electrons. The van der Waals surface area contributed by atoms with Crippen molar-refractivity contribution in [3.05, 3.63) is 59.7 Å². The summed E-state index contributed by atoms with van der Waals surface area (Å²) in [5.41, 5.74) is 0.323. The second kappa shape index (κ2) is 8.05. The molecular weight excluding hydrogens is 318 g/mol. The van der Waals surface area contributed by atoms with Gasteiger partial charge in [0.15, 0.2) is 0 Å². The van der Waals surface area contributed by atoms with E-state index in [9.17, 15) is 18.4 Å². The maximum absolute atomic E-state index is 13.4. The van der Waals surface area contributed by atoms with E-state index in [0.717, 1.165) is 12.1 Å². The third-order valence-corrected chi connectivity index (χ3v) is 3.19. The maximum Gasteiger partial charge on any atom is 0.254 e. The number of anilines is 1. The van der Waals surface area contributed by atoms with E-state index in [2.05, 4.69) is 10.6 Å². The molecule has 0 bridgehead atoms. The maximum atomic E-state index is 13.4. The number of rotatable bonds is 6. The molecule has 2 amide bonds. The quantitative estimate of drug-likeness (QED) is 0.853. The molecule has 0 heterocycles. The van der Waals surface area contributed by atoms with E-state index < -0.39 is 17.5 Å². The number of ether oxygens (including phenoxy) is 1. The molecule has 0 aliphatic rings. The van der Waals surface area contributed by atoms with Crippen LogP contribution in [0.15, 0.2) is 42.5 Å². The zero-order chi connectivity index (χ0) is 17.5. The zero-order valence-electron chi connectivity index (χ0n) is 12.9. The van der Waals surface area contributed by atoms with Crippen molar-refractivity contribution in [1.82, 2.24) is 5.32 Å². The Bertz CT molecular complexity index is 733. The second-order valence-electron chi connectivity index (χ2n) is 4.91. The SMILES string of the molecule is COc1ccc(NC(=O)CCNC(=O)c2ccc(F)cc2F)cc1. The summed E-state index contributed by atoms with van der Waals surface area (Å²) in [4.78, 5) is 23.5. The highest BCUT2D eigenvalue weighted by atomic mass is 19.1. The van der Waals surface area contributed by atoms with Crippen LogP contribution in [0.2, 0.25) is 0 Å². The summed E-state index contributed by atoms with van der Waals surface area (Å²) in [7, 11) is 1.54. The van der Waals surface area contributed by atoms with Crippen molar-refractivity contribution in [2.24, 2.45) is 0 Å². The van der Waals surface area contributed by atoms with Gasteiger partial charge in [0.25, 0.3) is 5.91 Å². The van der Waals surface area contributed by atoms with E-state index >= 15 is 0 Å². The molecular formula is C17H16F2N2O3. The Labute approximate surface area is 137 Å². The summed E-state index contributed by atoms with van der Waals surface area (Å²) < 4.78 is 31.2. The number of halogens is 2. The molecule has 2 N–H and O–H groups in total. The van der Waals surface area contributed by atoms with E-state index in [1.165, 1.54) is 0 Å². The molecule has 5 nitrogen and oxygen atoms in total. The molecule has 2 aromatic rings. The Morgan fingerprint density at radius 1 is 1.08 bits per heavy atom. The van der Waals surface area contributed by atoms with Crippen LogP contribution in [0.1, 0.15) is 16.8 Å². The minimum atomic E-state index is -0.949. The molecule has 0 atom stereocenters. The van der Waals surface area contributed by atoms with Gasteiger partial charge in [-0.05, 0) is 36.4 Å². The van der Waals surface area contributed by atoms with Gasteiger partial charge in [-0.3, -0.25) is 9.59 Å². The lowest BCUT2D eigenvalue weighted by molar-refractivity contribution is -0.116. The van der Waals surface area contributed by atoms with Gasteiger partial charge in [0.05, 0.1) is 12.7 Å². The lowest BCUT2D eigenvalue weighted by atomic mass is 10.2. The summed E-state index contributed by atoms with van der Waals surface area (Å²) in [5, 5.41) is 5.07. The molecule has 2 aromatic carbocycles. The zero-order valence-corrected chi connectivity index (χ0v) is 12.9. The summed E-state index contributed by atoms with van der Waals surface area (Å²) in [6.07, 6.45) is 0.0145. The average Bonchev–Trinajstić information content (AvgIpc) is 2.55. The summed E-state index contributed by atoms with van der Waals surface area (Å²) >= 11 is 0. The standard InChI is InChI=1S/C17H16F2N2O3/c1-24-13-5-3-12(4-6-13)21-16(22)8-9-20-17(23)14-7-2-11(18)10-15(14)19/h2-7,10H,8-9H2,1H3,(H,20,23)(H,21,22). The molecule has 2 rings (SSSR count). The largest absolute Gasteiger partial charge is 0.497 e. The van der Waals surface area contributed by atoms with Gasteiger partial charge in [-0.25, -0.2) is 8.78 Å². The first-order chi connectivity index (χ1) is 11.5. The number of methoxy groups -OCH3 is 1. The molecule has 7 heteroatoms. The number of hydrogen-bond acceptors (Lipinski definition) is 3. The first-order valence-corrected chi connectivity index (χ1v) is 7.17. The summed E-state index contributed by atoms with van der Waals surface area (Å²) in [6, 6.07) is 9.45. The number of amides is 2. The molecule has 0 unspecified atom stereocenters. The van der Waals surface area contributed by atoms with Gasteiger partial charge in [-0.15, -0.1) is 0 Å². The fraction of sp³-hybridized carbons (Fsp3) is 0.176. The lowest BCUT2D eigenvalue weighted by Gasteiger charge is -2.08. The number of benzene rings is 2. The Kier molecular flexibility index (Phi) is 5.83. The molecule has 0 aromatic heterocycles. The average molecular weight is 334 g/mol. The first-order valence-electron chi connectivity index (χ1n) is 7.17. The van der Waals surface area contributed by atoms with E-state index in [0.29, 0.717) is 17.5 Å². The van der Waals surface area contributed by atoms with Crippen molar-refractivity contribution in [3.8, 4) is 5.75 Å². The van der Waals surface area contributed by atoms with Gasteiger partial charge >= 0.3 is 0 Å². The Balaban J connectivity index is 1.80. The van der Waals surface area contributed by atoms with E-state index in [4.69, 9.17) is 4.74 Å². The fourth-order valence-electron chi connectivity index (χ4n) is 1.96. The van der Waals surface area contributed by atoms with Gasteiger partial charge in [-0.2, -0.15) is 0 Å². The van der Waals surface area contributed by atoms with Gasteiger partial charge in [-0.1, -0.05) is 0 Å². The Morgan fingerprint density at radius 3 is 2.42 bits per heavy atom. The van der Waals surface area contributed by atoms with E-state index in [1.807, 2.05) is 0 Å². The van der Waals surface area contributed by atoms with Crippen LogP contribution in [0.3, 0.4) is 0 Å². The monoisotopic (exact) mass is 334 g/mol. The molecule has 0 saturated heterocycles. The van der Waals surface area contributed by atoms with Crippen LogP contribution in [0, 0.1) is 11.6 Å². The van der Waals surface area contributed by atoms with Crippen LogP contribution in [-0.4, -0.2) is 25.5 Å².